The van der Waals surface area contributed by atoms with Crippen LogP contribution >= 0.6 is 36.2 Å². The highest BCUT2D eigenvalue weighted by Crippen LogP contribution is 2.22. The smallest absolute Gasteiger partial charge is 0.265 e. The lowest BCUT2D eigenvalue weighted by Crippen LogP contribution is -2.32. The van der Waals surface area contributed by atoms with E-state index in [2.05, 4.69) is 22.4 Å². The molecule has 4 nitrogen and oxygen atoms in total. The minimum atomic E-state index is 0. The number of hydrogen-bond donors (Lipinski definition) is 1. The molecule has 0 saturated heterocycles. The van der Waals surface area contributed by atoms with Crippen LogP contribution < -0.4 is 5.32 Å². The molecular weight excluding hydrogens is 353 g/mol. The van der Waals surface area contributed by atoms with Crippen LogP contribution in [-0.2, 0) is 6.42 Å². The Hall–Kier alpha value is -1.14. The Balaban J connectivity index is 0.00000242. The second-order valence-electron chi connectivity index (χ2n) is 5.01. The first-order valence-corrected chi connectivity index (χ1v) is 7.83. The molecule has 2 aromatic rings. The highest BCUT2D eigenvalue weighted by atomic mass is 35.5. The third-order valence-electron chi connectivity index (χ3n) is 3.28. The van der Waals surface area contributed by atoms with Gasteiger partial charge in [0, 0.05) is 26.6 Å². The Morgan fingerprint density at radius 1 is 1.26 bits per heavy atom. The first kappa shape index (κ1) is 21.9. The van der Waals surface area contributed by atoms with E-state index in [9.17, 15) is 4.79 Å². The van der Waals surface area contributed by atoms with Crippen molar-refractivity contribution in [3.63, 3.8) is 0 Å². The fourth-order valence-corrected chi connectivity index (χ4v) is 3.14. The predicted octanol–water partition coefficient (Wildman–Crippen LogP) is 3.18. The number of likely N-dealkylation sites (N-methyl/N-ethyl adjacent to an activating group) is 2. The molecule has 0 spiro atoms. The van der Waals surface area contributed by atoms with Crippen molar-refractivity contribution in [1.29, 1.82) is 0 Å². The van der Waals surface area contributed by atoms with Crippen LogP contribution in [0.3, 0.4) is 0 Å². The van der Waals surface area contributed by atoms with E-state index in [-0.39, 0.29) is 30.7 Å². The van der Waals surface area contributed by atoms with Crippen molar-refractivity contribution in [2.75, 3.05) is 27.2 Å². The van der Waals surface area contributed by atoms with Crippen molar-refractivity contribution in [3.8, 4) is 0 Å². The van der Waals surface area contributed by atoms with E-state index in [1.807, 2.05) is 39.2 Å². The van der Waals surface area contributed by atoms with Gasteiger partial charge in [-0.15, -0.1) is 36.2 Å². The molecule has 2 rings (SSSR count). The zero-order valence-electron chi connectivity index (χ0n) is 13.5. The van der Waals surface area contributed by atoms with Crippen LogP contribution in [0.25, 0.3) is 0 Å². The van der Waals surface area contributed by atoms with E-state index in [4.69, 9.17) is 0 Å². The Morgan fingerprint density at radius 2 is 1.91 bits per heavy atom. The average molecular weight is 376 g/mol. The van der Waals surface area contributed by atoms with E-state index in [0.29, 0.717) is 6.54 Å². The van der Waals surface area contributed by atoms with Crippen LogP contribution in [0.5, 0.6) is 0 Å². The van der Waals surface area contributed by atoms with Crippen molar-refractivity contribution >= 4 is 42.1 Å². The van der Waals surface area contributed by atoms with Crippen LogP contribution in [0, 0.1) is 6.92 Å². The molecular formula is C16H23Cl2N3OS. The Morgan fingerprint density at radius 3 is 2.52 bits per heavy atom. The number of aromatic nitrogens is 1. The molecule has 1 aromatic carbocycles. The average Bonchev–Trinajstić information content (AvgIpc) is 2.85. The molecule has 1 N–H and O–H groups in total. The molecule has 0 saturated carbocycles. The van der Waals surface area contributed by atoms with Crippen molar-refractivity contribution < 1.29 is 4.79 Å². The molecule has 0 fully saturated rings. The maximum atomic E-state index is 12.4. The van der Waals surface area contributed by atoms with Gasteiger partial charge >= 0.3 is 0 Å². The maximum absolute atomic E-state index is 12.4. The van der Waals surface area contributed by atoms with Gasteiger partial charge in [-0.05, 0) is 19.5 Å². The lowest BCUT2D eigenvalue weighted by molar-refractivity contribution is 0.0800. The van der Waals surface area contributed by atoms with Crippen molar-refractivity contribution in [2.45, 2.75) is 13.3 Å². The SMILES string of the molecule is CNCCN(C)C(=O)c1sc(Cc2ccccc2)nc1C.Cl.Cl. The number of thiazole rings is 1. The lowest BCUT2D eigenvalue weighted by atomic mass is 10.2. The Bertz CT molecular complexity index is 605. The number of hydrogen-bond acceptors (Lipinski definition) is 4. The summed E-state index contributed by atoms with van der Waals surface area (Å²) >= 11 is 1.50. The number of nitrogens with one attached hydrogen (secondary N) is 1. The summed E-state index contributed by atoms with van der Waals surface area (Å²) in [4.78, 5) is 19.4. The van der Waals surface area contributed by atoms with Gasteiger partial charge in [-0.25, -0.2) is 4.98 Å². The minimum absolute atomic E-state index is 0. The quantitative estimate of drug-likeness (QED) is 0.842. The van der Waals surface area contributed by atoms with Crippen LogP contribution in [0.1, 0.15) is 25.9 Å². The van der Waals surface area contributed by atoms with Gasteiger partial charge in [0.15, 0.2) is 0 Å². The number of rotatable bonds is 6. The first-order valence-electron chi connectivity index (χ1n) is 7.02. The van der Waals surface area contributed by atoms with Crippen molar-refractivity contribution in [3.05, 3.63) is 51.5 Å². The fraction of sp³-hybridized carbons (Fsp3) is 0.375. The molecule has 1 aromatic heterocycles. The van der Waals surface area contributed by atoms with Crippen LogP contribution in [0.4, 0.5) is 0 Å². The van der Waals surface area contributed by atoms with E-state index in [1.54, 1.807) is 4.90 Å². The van der Waals surface area contributed by atoms with E-state index < -0.39 is 0 Å². The number of carbonyl (C=O) groups excluding carboxylic acids is 1. The van der Waals surface area contributed by atoms with Gasteiger partial charge < -0.3 is 10.2 Å². The van der Waals surface area contributed by atoms with Crippen molar-refractivity contribution in [2.24, 2.45) is 0 Å². The summed E-state index contributed by atoms with van der Waals surface area (Å²) in [7, 11) is 3.71. The molecule has 128 valence electrons. The third kappa shape index (κ3) is 6.11. The maximum Gasteiger partial charge on any atom is 0.265 e. The molecule has 0 radical (unpaired) electrons. The molecule has 0 unspecified atom stereocenters. The predicted molar refractivity (Wildman–Crippen MR) is 101 cm³/mol. The van der Waals surface area contributed by atoms with Gasteiger partial charge in [-0.2, -0.15) is 0 Å². The number of amides is 1. The number of halogens is 2. The van der Waals surface area contributed by atoms with Crippen LogP contribution in [-0.4, -0.2) is 43.0 Å². The number of aryl methyl sites for hydroxylation is 1. The summed E-state index contributed by atoms with van der Waals surface area (Å²) in [5.41, 5.74) is 2.04. The lowest BCUT2D eigenvalue weighted by Gasteiger charge is -2.15. The molecule has 1 heterocycles. The summed E-state index contributed by atoms with van der Waals surface area (Å²) < 4.78 is 0. The highest BCUT2D eigenvalue weighted by molar-refractivity contribution is 7.13. The first-order chi connectivity index (χ1) is 10.1. The monoisotopic (exact) mass is 375 g/mol. The van der Waals surface area contributed by atoms with E-state index in [1.165, 1.54) is 16.9 Å². The standard InChI is InChI=1S/C16H21N3OS.2ClH/c1-12-15(16(20)19(3)10-9-17-2)21-14(18-12)11-13-7-5-4-6-8-13;;/h4-8,17H,9-11H2,1-3H3;2*1H. The molecule has 0 atom stereocenters. The van der Waals surface area contributed by atoms with Gasteiger partial charge in [0.25, 0.3) is 5.91 Å². The second kappa shape index (κ2) is 10.6. The molecule has 0 bridgehead atoms. The molecule has 1 amide bonds. The van der Waals surface area contributed by atoms with Crippen LogP contribution in [0.15, 0.2) is 30.3 Å². The summed E-state index contributed by atoms with van der Waals surface area (Å²) in [6.07, 6.45) is 0.778. The zero-order chi connectivity index (χ0) is 15.2. The van der Waals surface area contributed by atoms with Crippen molar-refractivity contribution in [1.82, 2.24) is 15.2 Å². The molecule has 7 heteroatoms. The molecule has 0 aliphatic rings. The Kier molecular flexibility index (Phi) is 10.1. The highest BCUT2D eigenvalue weighted by Gasteiger charge is 2.18. The third-order valence-corrected chi connectivity index (χ3v) is 4.42. The van der Waals surface area contributed by atoms with E-state index in [0.717, 1.165) is 28.5 Å². The summed E-state index contributed by atoms with van der Waals surface area (Å²) in [5, 5.41) is 4.04. The molecule has 23 heavy (non-hydrogen) atoms. The van der Waals surface area contributed by atoms with Gasteiger partial charge in [-0.1, -0.05) is 30.3 Å². The normalized spacial score (nSPS) is 9.70. The molecule has 0 aliphatic heterocycles. The van der Waals surface area contributed by atoms with Gasteiger partial charge in [0.2, 0.25) is 0 Å². The number of benzene rings is 1. The topological polar surface area (TPSA) is 45.2 Å². The summed E-state index contributed by atoms with van der Waals surface area (Å²) in [6, 6.07) is 10.2. The summed E-state index contributed by atoms with van der Waals surface area (Å²) in [5.74, 6) is 0.0551. The number of nitrogens with zero attached hydrogens (tertiary/aromatic N) is 2. The van der Waals surface area contributed by atoms with Gasteiger partial charge in [0.05, 0.1) is 10.7 Å². The summed E-state index contributed by atoms with van der Waals surface area (Å²) in [6.45, 7) is 3.39. The second-order valence-corrected chi connectivity index (χ2v) is 6.10. The Labute approximate surface area is 154 Å². The fourth-order valence-electron chi connectivity index (χ4n) is 2.05. The minimum Gasteiger partial charge on any atom is -0.340 e. The van der Waals surface area contributed by atoms with E-state index >= 15 is 0 Å². The number of carbonyl (C=O) groups is 1. The zero-order valence-corrected chi connectivity index (χ0v) is 16.0. The molecule has 0 aliphatic carbocycles. The van der Waals surface area contributed by atoms with Gasteiger partial charge in [-0.3, -0.25) is 4.79 Å². The van der Waals surface area contributed by atoms with Gasteiger partial charge in [0.1, 0.15) is 4.88 Å². The largest absolute Gasteiger partial charge is 0.340 e. The van der Waals surface area contributed by atoms with Crippen LogP contribution in [0.2, 0.25) is 0 Å².